The maximum atomic E-state index is 11.4. The van der Waals surface area contributed by atoms with Gasteiger partial charge >= 0.3 is 5.97 Å². The minimum atomic E-state index is -0.695. The Morgan fingerprint density at radius 2 is 2.17 bits per heavy atom. The molecule has 0 spiro atoms. The van der Waals surface area contributed by atoms with Crippen LogP contribution in [-0.2, 0) is 11.3 Å². The van der Waals surface area contributed by atoms with E-state index >= 15 is 0 Å². The van der Waals surface area contributed by atoms with Crippen molar-refractivity contribution in [3.8, 4) is 0 Å². The predicted octanol–water partition coefficient (Wildman–Crippen LogP) is 3.62. The Bertz CT molecular complexity index is 407. The van der Waals surface area contributed by atoms with Crippen LogP contribution in [0.15, 0.2) is 12.1 Å². The van der Waals surface area contributed by atoms with E-state index < -0.39 is 5.97 Å². The molecule has 0 bridgehead atoms. The summed E-state index contributed by atoms with van der Waals surface area (Å²) in [5.41, 5.74) is 0. The average molecular weight is 288 g/mol. The van der Waals surface area contributed by atoms with Crippen molar-refractivity contribution in [2.24, 2.45) is 0 Å². The Balaban J connectivity index is 2.06. The van der Waals surface area contributed by atoms with E-state index in [0.29, 0.717) is 6.54 Å². The molecule has 1 fully saturated rings. The highest BCUT2D eigenvalue weighted by Gasteiger charge is 2.26. The molecule has 0 amide bonds. The molecule has 1 saturated heterocycles. The molecule has 2 rings (SSSR count). The van der Waals surface area contributed by atoms with Gasteiger partial charge in [-0.2, -0.15) is 0 Å². The fourth-order valence-electron chi connectivity index (χ4n) is 2.45. The van der Waals surface area contributed by atoms with E-state index in [0.717, 1.165) is 41.4 Å². The molecule has 1 unspecified atom stereocenters. The number of halogens is 1. The third-order valence-electron chi connectivity index (χ3n) is 3.39. The van der Waals surface area contributed by atoms with Crippen LogP contribution in [-0.4, -0.2) is 28.6 Å². The average Bonchev–Trinajstić information content (AvgIpc) is 2.67. The van der Waals surface area contributed by atoms with E-state index in [-0.39, 0.29) is 6.04 Å². The van der Waals surface area contributed by atoms with Gasteiger partial charge in [0.05, 0.1) is 4.34 Å². The van der Waals surface area contributed by atoms with Gasteiger partial charge in [0.25, 0.3) is 0 Å². The highest BCUT2D eigenvalue weighted by molar-refractivity contribution is 7.16. The summed E-state index contributed by atoms with van der Waals surface area (Å²) in [5, 5.41) is 9.34. The second kappa shape index (κ2) is 6.55. The second-order valence-corrected chi connectivity index (χ2v) is 6.53. The minimum Gasteiger partial charge on any atom is -0.480 e. The van der Waals surface area contributed by atoms with Gasteiger partial charge < -0.3 is 5.11 Å². The van der Waals surface area contributed by atoms with E-state index in [2.05, 4.69) is 4.90 Å². The molecule has 18 heavy (non-hydrogen) atoms. The highest BCUT2D eigenvalue weighted by atomic mass is 35.5. The summed E-state index contributed by atoms with van der Waals surface area (Å²) >= 11 is 7.46. The first-order chi connectivity index (χ1) is 8.66. The summed E-state index contributed by atoms with van der Waals surface area (Å²) in [4.78, 5) is 14.6. The standard InChI is InChI=1S/C13H18ClNO2S/c14-12-7-6-10(18-12)9-15-8-4-2-1-3-5-11(15)13(16)17/h6-7,11H,1-5,8-9H2,(H,16,17). The fraction of sp³-hybridized carbons (Fsp3) is 0.615. The molecular formula is C13H18ClNO2S. The molecule has 1 aromatic heterocycles. The van der Waals surface area contributed by atoms with Gasteiger partial charge in [0, 0.05) is 11.4 Å². The lowest BCUT2D eigenvalue weighted by atomic mass is 10.0. The number of thiophene rings is 1. The Kier molecular flexibility index (Phi) is 5.03. The quantitative estimate of drug-likeness (QED) is 0.923. The fourth-order valence-corrected chi connectivity index (χ4v) is 3.56. The van der Waals surface area contributed by atoms with Crippen LogP contribution in [0.25, 0.3) is 0 Å². The molecule has 0 saturated carbocycles. The van der Waals surface area contributed by atoms with Crippen molar-refractivity contribution >= 4 is 28.9 Å². The van der Waals surface area contributed by atoms with Gasteiger partial charge in [0.1, 0.15) is 6.04 Å². The van der Waals surface area contributed by atoms with Gasteiger partial charge in [-0.25, -0.2) is 0 Å². The van der Waals surface area contributed by atoms with E-state index in [1.165, 1.54) is 17.8 Å². The first kappa shape index (κ1) is 13.8. The summed E-state index contributed by atoms with van der Waals surface area (Å²) in [6.07, 6.45) is 5.21. The molecule has 0 aliphatic carbocycles. The molecule has 2 heterocycles. The normalized spacial score (nSPS) is 22.4. The van der Waals surface area contributed by atoms with Crippen LogP contribution in [0.1, 0.15) is 37.0 Å². The lowest BCUT2D eigenvalue weighted by Gasteiger charge is -2.30. The second-order valence-electron chi connectivity index (χ2n) is 4.73. The number of rotatable bonds is 3. The van der Waals surface area contributed by atoms with Gasteiger partial charge in [0.2, 0.25) is 0 Å². The lowest BCUT2D eigenvalue weighted by Crippen LogP contribution is -2.41. The summed E-state index contributed by atoms with van der Waals surface area (Å²) in [7, 11) is 0. The zero-order chi connectivity index (χ0) is 13.0. The van der Waals surface area contributed by atoms with Crippen molar-refractivity contribution in [2.75, 3.05) is 6.54 Å². The molecule has 1 aliphatic heterocycles. The molecule has 1 atom stereocenters. The monoisotopic (exact) mass is 287 g/mol. The van der Waals surface area contributed by atoms with E-state index in [4.69, 9.17) is 11.6 Å². The number of likely N-dealkylation sites (tertiary alicyclic amines) is 1. The van der Waals surface area contributed by atoms with Crippen LogP contribution in [0.5, 0.6) is 0 Å². The number of nitrogens with zero attached hydrogens (tertiary/aromatic N) is 1. The number of carboxylic acid groups (broad SMARTS) is 1. The number of carbonyl (C=O) groups is 1. The summed E-state index contributed by atoms with van der Waals surface area (Å²) in [5.74, 6) is -0.695. The Labute approximate surface area is 116 Å². The molecular weight excluding hydrogens is 270 g/mol. The van der Waals surface area contributed by atoms with Gasteiger partial charge in [0.15, 0.2) is 0 Å². The highest BCUT2D eigenvalue weighted by Crippen LogP contribution is 2.25. The first-order valence-corrected chi connectivity index (χ1v) is 7.57. The van der Waals surface area contributed by atoms with Crippen molar-refractivity contribution in [3.05, 3.63) is 21.3 Å². The van der Waals surface area contributed by atoms with Gasteiger partial charge in [-0.15, -0.1) is 11.3 Å². The zero-order valence-corrected chi connectivity index (χ0v) is 11.8. The summed E-state index contributed by atoms with van der Waals surface area (Å²) < 4.78 is 0.768. The molecule has 100 valence electrons. The lowest BCUT2D eigenvalue weighted by molar-refractivity contribution is -0.144. The van der Waals surface area contributed by atoms with Crippen molar-refractivity contribution in [2.45, 2.75) is 44.7 Å². The predicted molar refractivity (Wildman–Crippen MR) is 74.2 cm³/mol. The zero-order valence-electron chi connectivity index (χ0n) is 10.3. The topological polar surface area (TPSA) is 40.5 Å². The van der Waals surface area contributed by atoms with E-state index in [9.17, 15) is 9.90 Å². The molecule has 1 aromatic rings. The molecule has 1 aliphatic rings. The van der Waals surface area contributed by atoms with E-state index in [1.807, 2.05) is 12.1 Å². The van der Waals surface area contributed by atoms with Gasteiger partial charge in [-0.05, 0) is 31.5 Å². The van der Waals surface area contributed by atoms with E-state index in [1.54, 1.807) is 0 Å². The van der Waals surface area contributed by atoms with Crippen LogP contribution in [0, 0.1) is 0 Å². The van der Waals surface area contributed by atoms with Crippen molar-refractivity contribution in [3.63, 3.8) is 0 Å². The Morgan fingerprint density at radius 3 is 2.83 bits per heavy atom. The number of carboxylic acids is 1. The number of hydrogen-bond acceptors (Lipinski definition) is 3. The Morgan fingerprint density at radius 1 is 1.39 bits per heavy atom. The SMILES string of the molecule is O=C(O)C1CCCCCCN1Cc1ccc(Cl)s1. The van der Waals surface area contributed by atoms with Crippen LogP contribution >= 0.6 is 22.9 Å². The van der Waals surface area contributed by atoms with Crippen molar-refractivity contribution in [1.29, 1.82) is 0 Å². The van der Waals surface area contributed by atoms with Crippen LogP contribution in [0.3, 0.4) is 0 Å². The first-order valence-electron chi connectivity index (χ1n) is 6.38. The summed E-state index contributed by atoms with van der Waals surface area (Å²) in [6.45, 7) is 1.57. The third kappa shape index (κ3) is 3.70. The van der Waals surface area contributed by atoms with Gasteiger partial charge in [-0.1, -0.05) is 30.9 Å². The molecule has 0 radical (unpaired) electrons. The van der Waals surface area contributed by atoms with Crippen LogP contribution < -0.4 is 0 Å². The largest absolute Gasteiger partial charge is 0.480 e. The molecule has 0 aromatic carbocycles. The smallest absolute Gasteiger partial charge is 0.320 e. The maximum Gasteiger partial charge on any atom is 0.320 e. The number of aliphatic carboxylic acids is 1. The Hall–Kier alpha value is -0.580. The minimum absolute atomic E-state index is 0.342. The van der Waals surface area contributed by atoms with Crippen molar-refractivity contribution in [1.82, 2.24) is 4.90 Å². The van der Waals surface area contributed by atoms with Crippen molar-refractivity contribution < 1.29 is 9.90 Å². The molecule has 3 nitrogen and oxygen atoms in total. The van der Waals surface area contributed by atoms with Crippen LogP contribution in [0.2, 0.25) is 4.34 Å². The number of hydrogen-bond donors (Lipinski definition) is 1. The molecule has 5 heteroatoms. The third-order valence-corrected chi connectivity index (χ3v) is 4.60. The molecule has 1 N–H and O–H groups in total. The van der Waals surface area contributed by atoms with Crippen LogP contribution in [0.4, 0.5) is 0 Å². The summed E-state index contributed by atoms with van der Waals surface area (Å²) in [6, 6.07) is 3.53. The maximum absolute atomic E-state index is 11.4. The van der Waals surface area contributed by atoms with Gasteiger partial charge in [-0.3, -0.25) is 9.69 Å².